The Kier molecular flexibility index (Phi) is 8.28. The molecule has 1 fully saturated rings. The maximum absolute atomic E-state index is 14.1. The monoisotopic (exact) mass is 553 g/mol. The van der Waals surface area contributed by atoms with Crippen molar-refractivity contribution < 1.29 is 14.3 Å². The maximum Gasteiger partial charge on any atom is 0.320 e. The van der Waals surface area contributed by atoms with E-state index in [0.29, 0.717) is 24.4 Å². The third-order valence-electron chi connectivity index (χ3n) is 8.33. The largest absolute Gasteiger partial charge is 0.495 e. The number of pyridine rings is 1. The molecular weight excluding hydrogens is 514 g/mol. The van der Waals surface area contributed by atoms with Gasteiger partial charge in [0.05, 0.1) is 13.3 Å². The lowest BCUT2D eigenvalue weighted by Gasteiger charge is -2.38. The first kappa shape index (κ1) is 28.2. The molecule has 4 aromatic rings. The SMILES string of the molecule is COc1ccc(C2(CNC(=O)C(C)(Cc3c[nH]c4ccccc34)NC(=O)Nc3ccc(C)cc3)CCCCC2)nc1. The van der Waals surface area contributed by atoms with Gasteiger partial charge in [0.15, 0.2) is 0 Å². The number of aryl methyl sites for hydroxylation is 1. The van der Waals surface area contributed by atoms with Crippen LogP contribution in [0.1, 0.15) is 55.8 Å². The van der Waals surface area contributed by atoms with Crippen molar-refractivity contribution in [1.29, 1.82) is 0 Å². The number of urea groups is 1. The van der Waals surface area contributed by atoms with E-state index in [0.717, 1.165) is 53.4 Å². The fraction of sp³-hybridized carbons (Fsp3) is 0.364. The Morgan fingerprint density at radius 3 is 2.49 bits per heavy atom. The van der Waals surface area contributed by atoms with Gasteiger partial charge >= 0.3 is 6.03 Å². The Hall–Kier alpha value is -4.33. The molecule has 1 aliphatic carbocycles. The second-order valence-corrected chi connectivity index (χ2v) is 11.4. The van der Waals surface area contributed by atoms with Crippen molar-refractivity contribution in [3.63, 3.8) is 0 Å². The zero-order valence-electron chi connectivity index (χ0n) is 24.0. The van der Waals surface area contributed by atoms with Crippen molar-refractivity contribution in [1.82, 2.24) is 20.6 Å². The van der Waals surface area contributed by atoms with Crippen LogP contribution in [0.5, 0.6) is 5.75 Å². The van der Waals surface area contributed by atoms with E-state index in [1.807, 2.05) is 73.8 Å². The summed E-state index contributed by atoms with van der Waals surface area (Å²) in [4.78, 5) is 35.3. The highest BCUT2D eigenvalue weighted by Gasteiger charge is 2.40. The number of ether oxygens (including phenoxy) is 1. The van der Waals surface area contributed by atoms with Crippen LogP contribution in [0.3, 0.4) is 0 Å². The first-order valence-corrected chi connectivity index (χ1v) is 14.3. The molecule has 2 aromatic heterocycles. The second kappa shape index (κ2) is 12.0. The summed E-state index contributed by atoms with van der Waals surface area (Å²) in [7, 11) is 1.63. The van der Waals surface area contributed by atoms with Crippen LogP contribution in [-0.2, 0) is 16.6 Å². The minimum absolute atomic E-state index is 0.236. The van der Waals surface area contributed by atoms with E-state index in [9.17, 15) is 9.59 Å². The molecule has 8 nitrogen and oxygen atoms in total. The van der Waals surface area contributed by atoms with Crippen LogP contribution in [0.15, 0.2) is 73.1 Å². The van der Waals surface area contributed by atoms with Crippen LogP contribution in [0.25, 0.3) is 10.9 Å². The number of benzene rings is 2. The van der Waals surface area contributed by atoms with E-state index in [-0.39, 0.29) is 11.3 Å². The number of carbonyl (C=O) groups is 2. The van der Waals surface area contributed by atoms with E-state index in [2.05, 4.69) is 20.9 Å². The van der Waals surface area contributed by atoms with Gasteiger partial charge in [0.2, 0.25) is 5.91 Å². The number of hydrogen-bond acceptors (Lipinski definition) is 4. The highest BCUT2D eigenvalue weighted by Crippen LogP contribution is 2.38. The van der Waals surface area contributed by atoms with Gasteiger partial charge in [0.25, 0.3) is 0 Å². The van der Waals surface area contributed by atoms with Gasteiger partial charge in [0.1, 0.15) is 11.3 Å². The van der Waals surface area contributed by atoms with Crippen LogP contribution in [0.4, 0.5) is 10.5 Å². The Bertz CT molecular complexity index is 1490. The minimum atomic E-state index is -1.22. The third-order valence-corrected chi connectivity index (χ3v) is 8.33. The van der Waals surface area contributed by atoms with Gasteiger partial charge in [-0.15, -0.1) is 0 Å². The zero-order valence-corrected chi connectivity index (χ0v) is 24.0. The zero-order chi connectivity index (χ0) is 28.9. The topological polar surface area (TPSA) is 108 Å². The van der Waals surface area contributed by atoms with Crippen LogP contribution < -0.4 is 20.7 Å². The van der Waals surface area contributed by atoms with Crippen LogP contribution in [-0.4, -0.2) is 41.1 Å². The molecule has 1 atom stereocenters. The van der Waals surface area contributed by atoms with E-state index in [1.54, 1.807) is 20.2 Å². The normalized spacial score (nSPS) is 16.0. The predicted molar refractivity (Wildman–Crippen MR) is 162 cm³/mol. The number of carbonyl (C=O) groups excluding carboxylic acids is 2. The molecule has 1 saturated carbocycles. The van der Waals surface area contributed by atoms with E-state index >= 15 is 0 Å². The van der Waals surface area contributed by atoms with Gasteiger partial charge < -0.3 is 25.7 Å². The molecule has 2 heterocycles. The molecule has 41 heavy (non-hydrogen) atoms. The first-order chi connectivity index (χ1) is 19.8. The number of hydrogen-bond donors (Lipinski definition) is 4. The number of aromatic amines is 1. The van der Waals surface area contributed by atoms with Crippen LogP contribution in [0, 0.1) is 6.92 Å². The van der Waals surface area contributed by atoms with Gasteiger partial charge in [0, 0.05) is 46.9 Å². The molecule has 0 saturated heterocycles. The highest BCUT2D eigenvalue weighted by atomic mass is 16.5. The molecule has 214 valence electrons. The van der Waals surface area contributed by atoms with Gasteiger partial charge in [-0.2, -0.15) is 0 Å². The van der Waals surface area contributed by atoms with Gasteiger partial charge in [-0.05, 0) is 62.6 Å². The van der Waals surface area contributed by atoms with Gasteiger partial charge in [-0.3, -0.25) is 9.78 Å². The molecule has 2 aromatic carbocycles. The summed E-state index contributed by atoms with van der Waals surface area (Å²) in [6.45, 7) is 4.22. The fourth-order valence-corrected chi connectivity index (χ4v) is 5.90. The van der Waals surface area contributed by atoms with Gasteiger partial charge in [-0.25, -0.2) is 4.79 Å². The number of nitrogens with zero attached hydrogens (tertiary/aromatic N) is 1. The van der Waals surface area contributed by atoms with Crippen molar-refractivity contribution in [3.05, 3.63) is 89.9 Å². The first-order valence-electron chi connectivity index (χ1n) is 14.3. The number of para-hydroxylation sites is 1. The molecule has 0 radical (unpaired) electrons. The van der Waals surface area contributed by atoms with Crippen molar-refractivity contribution >= 4 is 28.5 Å². The number of H-pyrrole nitrogens is 1. The summed E-state index contributed by atoms with van der Waals surface area (Å²) >= 11 is 0. The summed E-state index contributed by atoms with van der Waals surface area (Å²) in [5.74, 6) is 0.471. The smallest absolute Gasteiger partial charge is 0.320 e. The standard InChI is InChI=1S/C33H39N5O3/c1-23-11-13-25(14-12-23)37-31(40)38-32(2,19-24-20-34-28-10-6-5-9-27(24)28)30(39)36-22-33(17-7-4-8-18-33)29-16-15-26(41-3)21-35-29/h5-6,9-16,20-21,34H,4,7-8,17-19,22H2,1-3H3,(H,36,39)(H2,37,38,40). The lowest BCUT2D eigenvalue weighted by atomic mass is 9.71. The quantitative estimate of drug-likeness (QED) is 0.203. The van der Waals surface area contributed by atoms with E-state index < -0.39 is 11.6 Å². The number of aromatic nitrogens is 2. The molecule has 0 aliphatic heterocycles. The Labute approximate surface area is 241 Å². The minimum Gasteiger partial charge on any atom is -0.495 e. The lowest BCUT2D eigenvalue weighted by molar-refractivity contribution is -0.127. The highest BCUT2D eigenvalue weighted by molar-refractivity contribution is 5.96. The maximum atomic E-state index is 14.1. The van der Waals surface area contributed by atoms with Crippen molar-refractivity contribution in [2.75, 3.05) is 19.0 Å². The summed E-state index contributed by atoms with van der Waals surface area (Å²) < 4.78 is 5.32. The molecule has 0 spiro atoms. The number of anilines is 1. The predicted octanol–water partition coefficient (Wildman–Crippen LogP) is 6.02. The average Bonchev–Trinajstić information content (AvgIpc) is 3.39. The molecule has 4 N–H and O–H groups in total. The Balaban J connectivity index is 1.39. The number of nitrogens with one attached hydrogen (secondary N) is 4. The van der Waals surface area contributed by atoms with Crippen molar-refractivity contribution in [3.8, 4) is 5.75 Å². The summed E-state index contributed by atoms with van der Waals surface area (Å²) in [6, 6.07) is 19.0. The number of fused-ring (bicyclic) bond motifs is 1. The second-order valence-electron chi connectivity index (χ2n) is 11.4. The molecule has 1 unspecified atom stereocenters. The van der Waals surface area contributed by atoms with Gasteiger partial charge in [-0.1, -0.05) is 55.2 Å². The molecule has 1 aliphatic rings. The number of methoxy groups -OCH3 is 1. The lowest BCUT2D eigenvalue weighted by Crippen LogP contribution is -2.60. The summed E-state index contributed by atoms with van der Waals surface area (Å²) in [6.07, 6.45) is 9.18. The van der Waals surface area contributed by atoms with E-state index in [4.69, 9.17) is 9.72 Å². The fourth-order valence-electron chi connectivity index (χ4n) is 5.90. The van der Waals surface area contributed by atoms with Crippen molar-refractivity contribution in [2.24, 2.45) is 0 Å². The summed E-state index contributed by atoms with van der Waals surface area (Å²) in [5, 5.41) is 10.2. The molecule has 3 amide bonds. The number of amides is 3. The Morgan fingerprint density at radius 1 is 1.02 bits per heavy atom. The van der Waals surface area contributed by atoms with Crippen LogP contribution >= 0.6 is 0 Å². The molecular formula is C33H39N5O3. The Morgan fingerprint density at radius 2 is 1.78 bits per heavy atom. The van der Waals surface area contributed by atoms with Crippen LogP contribution in [0.2, 0.25) is 0 Å². The van der Waals surface area contributed by atoms with Crippen molar-refractivity contribution in [2.45, 2.75) is 63.3 Å². The third kappa shape index (κ3) is 6.37. The molecule has 8 heteroatoms. The number of rotatable bonds is 9. The summed E-state index contributed by atoms with van der Waals surface area (Å²) in [5.41, 5.74) is 3.17. The average molecular weight is 554 g/mol. The van der Waals surface area contributed by atoms with E-state index in [1.165, 1.54) is 6.42 Å². The molecule has 0 bridgehead atoms. The molecule has 5 rings (SSSR count).